The Kier molecular flexibility index (Phi) is 7.67. The van der Waals surface area contributed by atoms with Crippen molar-refractivity contribution in [1.82, 2.24) is 0 Å². The van der Waals surface area contributed by atoms with Gasteiger partial charge >= 0.3 is 0 Å². The largest absolute Gasteiger partial charge is 0.511 e. The highest BCUT2D eigenvalue weighted by Gasteiger charge is 2.36. The van der Waals surface area contributed by atoms with E-state index in [1.807, 2.05) is 32.0 Å². The summed E-state index contributed by atoms with van der Waals surface area (Å²) in [6, 6.07) is 5.61. The van der Waals surface area contributed by atoms with E-state index in [2.05, 4.69) is 25.8 Å². The van der Waals surface area contributed by atoms with Gasteiger partial charge in [-0.1, -0.05) is 26.8 Å². The van der Waals surface area contributed by atoms with Crippen molar-refractivity contribution in [3.8, 4) is 11.5 Å². The van der Waals surface area contributed by atoms with Gasteiger partial charge in [-0.2, -0.15) is 0 Å². The molecule has 1 aromatic carbocycles. The number of hydrogen-bond acceptors (Lipinski definition) is 5. The van der Waals surface area contributed by atoms with Crippen LogP contribution in [0.2, 0.25) is 0 Å². The Labute approximate surface area is 168 Å². The number of Topliss-reactive ketones (excluding diaryl/α,β-unsaturated/α-hetero) is 1. The highest BCUT2D eigenvalue weighted by atomic mass is 16.5. The van der Waals surface area contributed by atoms with Crippen LogP contribution in [-0.4, -0.2) is 36.4 Å². The Bertz CT molecular complexity index is 762. The topological polar surface area (TPSA) is 68.1 Å². The van der Waals surface area contributed by atoms with Crippen molar-refractivity contribution in [2.24, 2.45) is 10.4 Å². The Morgan fingerprint density at radius 3 is 2.43 bits per heavy atom. The smallest absolute Gasteiger partial charge is 0.168 e. The second-order valence-corrected chi connectivity index (χ2v) is 7.91. The van der Waals surface area contributed by atoms with Gasteiger partial charge in [0, 0.05) is 25.1 Å². The molecule has 1 aromatic rings. The molecule has 28 heavy (non-hydrogen) atoms. The fourth-order valence-electron chi connectivity index (χ4n) is 3.48. The van der Waals surface area contributed by atoms with Crippen LogP contribution >= 0.6 is 0 Å². The summed E-state index contributed by atoms with van der Waals surface area (Å²) in [5, 5.41) is 10.8. The van der Waals surface area contributed by atoms with Crippen molar-refractivity contribution in [2.75, 3.05) is 19.8 Å². The second kappa shape index (κ2) is 9.76. The number of carbonyl (C=O) groups excluding carboxylic acids is 1. The molecule has 0 radical (unpaired) electrons. The van der Waals surface area contributed by atoms with E-state index in [9.17, 15) is 9.90 Å². The maximum atomic E-state index is 12.8. The zero-order valence-electron chi connectivity index (χ0n) is 17.8. The zero-order chi connectivity index (χ0) is 20.7. The molecule has 0 atom stereocenters. The monoisotopic (exact) mass is 387 g/mol. The highest BCUT2D eigenvalue weighted by Crippen LogP contribution is 2.36. The SMILES string of the molecule is CCCN=C1CC(C)(C)CC(=O)C1=C(O)Cc1ccc(OCC)c(OCC)c1. The van der Waals surface area contributed by atoms with Crippen LogP contribution in [0.15, 0.2) is 34.5 Å². The summed E-state index contributed by atoms with van der Waals surface area (Å²) in [5.41, 5.74) is 1.87. The van der Waals surface area contributed by atoms with Gasteiger partial charge in [0.2, 0.25) is 0 Å². The number of aliphatic hydroxyl groups is 1. The number of hydrogen-bond donors (Lipinski definition) is 1. The lowest BCUT2D eigenvalue weighted by Gasteiger charge is -2.31. The molecule has 0 unspecified atom stereocenters. The lowest BCUT2D eigenvalue weighted by Crippen LogP contribution is -2.33. The number of ether oxygens (including phenoxy) is 2. The van der Waals surface area contributed by atoms with Gasteiger partial charge in [0.1, 0.15) is 5.76 Å². The van der Waals surface area contributed by atoms with Crippen molar-refractivity contribution in [3.63, 3.8) is 0 Å². The molecule has 0 aromatic heterocycles. The number of nitrogens with zero attached hydrogens (tertiary/aromatic N) is 1. The van der Waals surface area contributed by atoms with Crippen LogP contribution in [0.1, 0.15) is 59.4 Å². The van der Waals surface area contributed by atoms with E-state index in [0.29, 0.717) is 49.7 Å². The summed E-state index contributed by atoms with van der Waals surface area (Å²) in [5.74, 6) is 1.39. The Hall–Kier alpha value is -2.30. The average molecular weight is 388 g/mol. The molecule has 2 rings (SSSR count). The van der Waals surface area contributed by atoms with E-state index in [1.54, 1.807) is 0 Å². The molecule has 0 spiro atoms. The van der Waals surface area contributed by atoms with Gasteiger partial charge in [-0.15, -0.1) is 0 Å². The van der Waals surface area contributed by atoms with Gasteiger partial charge in [0.25, 0.3) is 0 Å². The van der Waals surface area contributed by atoms with E-state index in [1.165, 1.54) is 0 Å². The van der Waals surface area contributed by atoms with Crippen LogP contribution in [0, 0.1) is 5.41 Å². The lowest BCUT2D eigenvalue weighted by molar-refractivity contribution is -0.117. The van der Waals surface area contributed by atoms with Crippen molar-refractivity contribution in [3.05, 3.63) is 35.1 Å². The molecular weight excluding hydrogens is 354 g/mol. The van der Waals surface area contributed by atoms with Crippen molar-refractivity contribution in [1.29, 1.82) is 0 Å². The number of allylic oxidation sites excluding steroid dienone is 2. The first kappa shape index (κ1) is 22.0. The normalized spacial score (nSPS) is 19.6. The quantitative estimate of drug-likeness (QED) is 0.499. The lowest BCUT2D eigenvalue weighted by atomic mass is 9.73. The molecule has 1 fully saturated rings. The number of ketones is 1. The van der Waals surface area contributed by atoms with Gasteiger partial charge in [0.15, 0.2) is 17.3 Å². The number of carbonyl (C=O) groups is 1. The number of rotatable bonds is 8. The van der Waals surface area contributed by atoms with Gasteiger partial charge in [-0.25, -0.2) is 0 Å². The third-order valence-corrected chi connectivity index (χ3v) is 4.65. The fraction of sp³-hybridized carbons (Fsp3) is 0.565. The highest BCUT2D eigenvalue weighted by molar-refractivity contribution is 6.24. The Morgan fingerprint density at radius 2 is 1.79 bits per heavy atom. The molecule has 5 heteroatoms. The molecule has 0 bridgehead atoms. The summed E-state index contributed by atoms with van der Waals surface area (Å²) in [6.07, 6.45) is 2.29. The first-order chi connectivity index (χ1) is 13.3. The van der Waals surface area contributed by atoms with E-state index in [4.69, 9.17) is 9.47 Å². The first-order valence-electron chi connectivity index (χ1n) is 10.2. The molecule has 0 aliphatic heterocycles. The average Bonchev–Trinajstić information content (AvgIpc) is 2.61. The Morgan fingerprint density at radius 1 is 1.11 bits per heavy atom. The molecule has 5 nitrogen and oxygen atoms in total. The van der Waals surface area contributed by atoms with Crippen LogP contribution in [0.4, 0.5) is 0 Å². The summed E-state index contributed by atoms with van der Waals surface area (Å²) in [4.78, 5) is 17.4. The fourth-order valence-corrected chi connectivity index (χ4v) is 3.48. The van der Waals surface area contributed by atoms with E-state index in [-0.39, 0.29) is 23.4 Å². The van der Waals surface area contributed by atoms with Crippen LogP contribution in [0.25, 0.3) is 0 Å². The third-order valence-electron chi connectivity index (χ3n) is 4.65. The summed E-state index contributed by atoms with van der Waals surface area (Å²) in [6.45, 7) is 11.8. The van der Waals surface area contributed by atoms with Crippen LogP contribution in [0.5, 0.6) is 11.5 Å². The summed E-state index contributed by atoms with van der Waals surface area (Å²) < 4.78 is 11.3. The third kappa shape index (κ3) is 5.60. The van der Waals surface area contributed by atoms with Gasteiger partial charge in [0.05, 0.1) is 18.8 Å². The van der Waals surface area contributed by atoms with Gasteiger partial charge < -0.3 is 14.6 Å². The van der Waals surface area contributed by atoms with E-state index < -0.39 is 0 Å². The second-order valence-electron chi connectivity index (χ2n) is 7.91. The predicted molar refractivity (Wildman–Crippen MR) is 113 cm³/mol. The minimum Gasteiger partial charge on any atom is -0.511 e. The molecule has 1 N–H and O–H groups in total. The summed E-state index contributed by atoms with van der Waals surface area (Å²) in [7, 11) is 0. The predicted octanol–water partition coefficient (Wildman–Crippen LogP) is 5.08. The molecule has 0 heterocycles. The maximum Gasteiger partial charge on any atom is 0.168 e. The number of benzene rings is 1. The van der Waals surface area contributed by atoms with Crippen molar-refractivity contribution >= 4 is 11.5 Å². The molecule has 154 valence electrons. The minimum atomic E-state index is -0.130. The van der Waals surface area contributed by atoms with Gasteiger partial charge in [-0.05, 0) is 49.8 Å². The molecule has 1 aliphatic rings. The number of aliphatic imine (C=N–C) groups is 1. The van der Waals surface area contributed by atoms with Crippen LogP contribution < -0.4 is 9.47 Å². The first-order valence-corrected chi connectivity index (χ1v) is 10.2. The zero-order valence-corrected chi connectivity index (χ0v) is 17.8. The molecule has 0 saturated heterocycles. The van der Waals surface area contributed by atoms with E-state index in [0.717, 1.165) is 17.7 Å². The van der Waals surface area contributed by atoms with Gasteiger partial charge in [-0.3, -0.25) is 9.79 Å². The minimum absolute atomic E-state index is 0.0282. The molecule has 1 aliphatic carbocycles. The summed E-state index contributed by atoms with van der Waals surface area (Å²) >= 11 is 0. The van der Waals surface area contributed by atoms with Crippen LogP contribution in [-0.2, 0) is 11.2 Å². The van der Waals surface area contributed by atoms with Crippen molar-refractivity contribution < 1.29 is 19.4 Å². The molecule has 0 amide bonds. The maximum absolute atomic E-state index is 12.8. The Balaban J connectivity index is 2.36. The van der Waals surface area contributed by atoms with E-state index >= 15 is 0 Å². The van der Waals surface area contributed by atoms with Crippen LogP contribution in [0.3, 0.4) is 0 Å². The molecule has 1 saturated carbocycles. The molecular formula is C23H33NO4. The number of aliphatic hydroxyl groups excluding tert-OH is 1. The standard InChI is InChI=1S/C23H33NO4/c1-6-11-24-17-14-23(4,5)15-19(26)22(17)18(25)12-16-9-10-20(27-7-2)21(13-16)28-8-3/h9-10,13,25H,6-8,11-12,14-15H2,1-5H3. The van der Waals surface area contributed by atoms with Crippen molar-refractivity contribution in [2.45, 2.75) is 60.3 Å².